The van der Waals surface area contributed by atoms with Crippen LogP contribution in [0.1, 0.15) is 70.3 Å². The van der Waals surface area contributed by atoms with Crippen molar-refractivity contribution in [3.05, 3.63) is 35.4 Å². The minimum Gasteiger partial charge on any atom is -0.317 e. The van der Waals surface area contributed by atoms with Crippen LogP contribution in [0.5, 0.6) is 0 Å². The first-order valence-electron chi connectivity index (χ1n) is 10.3. The summed E-state index contributed by atoms with van der Waals surface area (Å²) in [6.45, 7) is 2.12. The van der Waals surface area contributed by atoms with Crippen LogP contribution in [0.25, 0.3) is 0 Å². The van der Waals surface area contributed by atoms with Gasteiger partial charge in [-0.2, -0.15) is 8.78 Å². The molecule has 0 N–H and O–H groups in total. The predicted molar refractivity (Wildman–Crippen MR) is 97.6 cm³/mol. The first-order chi connectivity index (χ1) is 12.8. The Morgan fingerprint density at radius 1 is 0.889 bits per heavy atom. The van der Waals surface area contributed by atoms with E-state index in [2.05, 4.69) is 6.92 Å². The molecule has 0 amide bonds. The summed E-state index contributed by atoms with van der Waals surface area (Å²) in [4.78, 5) is 0. The summed E-state index contributed by atoms with van der Waals surface area (Å²) < 4.78 is 60.7. The molecule has 2 aliphatic carbocycles. The van der Waals surface area contributed by atoms with Gasteiger partial charge in [-0.05, 0) is 80.9 Å². The Bertz CT molecular complexity index is 582. The van der Waals surface area contributed by atoms with E-state index in [-0.39, 0.29) is 6.10 Å². The summed E-state index contributed by atoms with van der Waals surface area (Å²) in [6, 6.07) is 3.60. The van der Waals surface area contributed by atoms with Gasteiger partial charge in [-0.1, -0.05) is 19.8 Å². The Kier molecular flexibility index (Phi) is 6.83. The molecule has 2 aliphatic rings. The van der Waals surface area contributed by atoms with Crippen molar-refractivity contribution in [3.8, 4) is 0 Å². The molecule has 0 spiro atoms. The van der Waals surface area contributed by atoms with Gasteiger partial charge in [0.1, 0.15) is 11.6 Å². The first kappa shape index (κ1) is 20.6. The van der Waals surface area contributed by atoms with E-state index in [4.69, 9.17) is 4.74 Å². The molecule has 5 heteroatoms. The largest absolute Gasteiger partial charge is 0.358 e. The lowest BCUT2D eigenvalue weighted by Crippen LogP contribution is -2.38. The molecule has 0 unspecified atom stereocenters. The number of hydrogen-bond donors (Lipinski definition) is 0. The standard InChI is InChI=1S/C22H30F4O/c1-15-2-8-18(9-3-15)22(25,26)27-21-10-6-16(7-11-21)4-5-17-12-19(23)14-20(24)13-17/h12-16,18,21H,2-11H2,1H3. The van der Waals surface area contributed by atoms with Gasteiger partial charge in [0.25, 0.3) is 0 Å². The predicted octanol–water partition coefficient (Wildman–Crippen LogP) is 6.89. The van der Waals surface area contributed by atoms with Gasteiger partial charge in [0.15, 0.2) is 0 Å². The second kappa shape index (κ2) is 8.93. The molecule has 0 heterocycles. The highest BCUT2D eigenvalue weighted by atomic mass is 19.3. The molecular weight excluding hydrogens is 356 g/mol. The number of aryl methyl sites for hydroxylation is 1. The van der Waals surface area contributed by atoms with Gasteiger partial charge >= 0.3 is 6.11 Å². The fourth-order valence-electron chi connectivity index (χ4n) is 4.58. The van der Waals surface area contributed by atoms with Crippen LogP contribution in [0.3, 0.4) is 0 Å². The van der Waals surface area contributed by atoms with E-state index >= 15 is 0 Å². The molecule has 0 atom stereocenters. The van der Waals surface area contributed by atoms with E-state index in [1.807, 2.05) is 0 Å². The summed E-state index contributed by atoms with van der Waals surface area (Å²) >= 11 is 0. The zero-order valence-electron chi connectivity index (χ0n) is 16.0. The van der Waals surface area contributed by atoms with E-state index in [9.17, 15) is 17.6 Å². The zero-order valence-corrected chi connectivity index (χ0v) is 16.0. The van der Waals surface area contributed by atoms with E-state index in [1.165, 1.54) is 12.1 Å². The molecule has 1 aromatic carbocycles. The van der Waals surface area contributed by atoms with E-state index < -0.39 is 23.7 Å². The number of rotatable bonds is 6. The van der Waals surface area contributed by atoms with Crippen molar-refractivity contribution in [2.45, 2.75) is 83.3 Å². The van der Waals surface area contributed by atoms with Crippen LogP contribution >= 0.6 is 0 Å². The SMILES string of the molecule is CC1CCC(C(F)(F)OC2CCC(CCc3cc(F)cc(F)c3)CC2)CC1. The van der Waals surface area contributed by atoms with Crippen LogP contribution in [0, 0.1) is 29.4 Å². The van der Waals surface area contributed by atoms with Crippen LogP contribution in [-0.2, 0) is 11.2 Å². The van der Waals surface area contributed by atoms with Crippen LogP contribution < -0.4 is 0 Å². The molecule has 1 nitrogen and oxygen atoms in total. The fraction of sp³-hybridized carbons (Fsp3) is 0.727. The maximum atomic E-state index is 14.5. The highest BCUT2D eigenvalue weighted by molar-refractivity contribution is 5.18. The molecule has 3 rings (SSSR count). The number of benzene rings is 1. The summed E-state index contributed by atoms with van der Waals surface area (Å²) in [6.07, 6.45) is 3.81. The van der Waals surface area contributed by atoms with Gasteiger partial charge in [0.2, 0.25) is 0 Å². The summed E-state index contributed by atoms with van der Waals surface area (Å²) in [7, 11) is 0. The summed E-state index contributed by atoms with van der Waals surface area (Å²) in [5, 5.41) is 0. The lowest BCUT2D eigenvalue weighted by molar-refractivity contribution is -0.301. The van der Waals surface area contributed by atoms with Gasteiger partial charge in [0.05, 0.1) is 12.0 Å². The first-order valence-corrected chi connectivity index (χ1v) is 10.3. The van der Waals surface area contributed by atoms with Crippen molar-refractivity contribution < 1.29 is 22.3 Å². The van der Waals surface area contributed by atoms with Crippen LogP contribution in [0.4, 0.5) is 17.6 Å². The zero-order chi connectivity index (χ0) is 19.4. The molecule has 2 fully saturated rings. The molecule has 0 aromatic heterocycles. The van der Waals surface area contributed by atoms with Crippen LogP contribution in [-0.4, -0.2) is 12.2 Å². The Morgan fingerprint density at radius 3 is 2.07 bits per heavy atom. The maximum Gasteiger partial charge on any atom is 0.358 e. The summed E-state index contributed by atoms with van der Waals surface area (Å²) in [5.74, 6) is -0.809. The average molecular weight is 386 g/mol. The molecule has 27 heavy (non-hydrogen) atoms. The van der Waals surface area contributed by atoms with Gasteiger partial charge in [-0.3, -0.25) is 0 Å². The molecule has 0 saturated heterocycles. The summed E-state index contributed by atoms with van der Waals surface area (Å²) in [5.41, 5.74) is 0.656. The van der Waals surface area contributed by atoms with Crippen LogP contribution in [0.15, 0.2) is 18.2 Å². The molecule has 2 saturated carbocycles. The molecule has 0 radical (unpaired) electrons. The van der Waals surface area contributed by atoms with Gasteiger partial charge < -0.3 is 4.74 Å². The quantitative estimate of drug-likeness (QED) is 0.484. The van der Waals surface area contributed by atoms with E-state index in [0.29, 0.717) is 49.5 Å². The molecule has 0 bridgehead atoms. The minimum absolute atomic E-state index is 0.373. The number of alkyl halides is 2. The minimum atomic E-state index is -3.02. The average Bonchev–Trinajstić information content (AvgIpc) is 2.60. The molecular formula is C22H30F4O. The van der Waals surface area contributed by atoms with Crippen molar-refractivity contribution in [2.24, 2.45) is 17.8 Å². The highest BCUT2D eigenvalue weighted by Crippen LogP contribution is 2.42. The monoisotopic (exact) mass is 386 g/mol. The topological polar surface area (TPSA) is 9.23 Å². The third-order valence-electron chi connectivity index (χ3n) is 6.37. The Balaban J connectivity index is 1.42. The second-order valence-corrected chi connectivity index (χ2v) is 8.60. The van der Waals surface area contributed by atoms with Crippen molar-refractivity contribution >= 4 is 0 Å². The lowest BCUT2D eigenvalue weighted by Gasteiger charge is -2.36. The number of ether oxygens (including phenoxy) is 1. The van der Waals surface area contributed by atoms with Crippen molar-refractivity contribution in [2.75, 3.05) is 0 Å². The number of halogens is 4. The molecule has 1 aromatic rings. The Labute approximate surface area is 159 Å². The number of hydrogen-bond acceptors (Lipinski definition) is 1. The van der Waals surface area contributed by atoms with Crippen LogP contribution in [0.2, 0.25) is 0 Å². The van der Waals surface area contributed by atoms with E-state index in [0.717, 1.165) is 38.2 Å². The van der Waals surface area contributed by atoms with Gasteiger partial charge in [-0.25, -0.2) is 8.78 Å². The Hall–Kier alpha value is -1.10. The lowest BCUT2D eigenvalue weighted by atomic mass is 9.81. The fourth-order valence-corrected chi connectivity index (χ4v) is 4.58. The van der Waals surface area contributed by atoms with Crippen molar-refractivity contribution in [1.29, 1.82) is 0 Å². The van der Waals surface area contributed by atoms with Gasteiger partial charge in [0, 0.05) is 6.07 Å². The highest BCUT2D eigenvalue weighted by Gasteiger charge is 2.44. The van der Waals surface area contributed by atoms with Gasteiger partial charge in [-0.15, -0.1) is 0 Å². The molecule has 152 valence electrons. The van der Waals surface area contributed by atoms with Crippen molar-refractivity contribution in [1.82, 2.24) is 0 Å². The second-order valence-electron chi connectivity index (χ2n) is 8.60. The smallest absolute Gasteiger partial charge is 0.317 e. The Morgan fingerprint density at radius 2 is 1.48 bits per heavy atom. The third-order valence-corrected chi connectivity index (χ3v) is 6.37. The molecule has 0 aliphatic heterocycles. The van der Waals surface area contributed by atoms with E-state index in [1.54, 1.807) is 0 Å². The normalized spacial score (nSPS) is 29.7. The van der Waals surface area contributed by atoms with Crippen molar-refractivity contribution in [3.63, 3.8) is 0 Å². The maximum absolute atomic E-state index is 14.5. The third kappa shape index (κ3) is 5.94.